The minimum absolute atomic E-state index is 0.109. The Balaban J connectivity index is 2.59. The summed E-state index contributed by atoms with van der Waals surface area (Å²) in [5.41, 5.74) is 1.86. The maximum atomic E-state index is 11.6. The number of benzene rings is 1. The summed E-state index contributed by atoms with van der Waals surface area (Å²) in [5, 5.41) is 9.90. The van der Waals surface area contributed by atoms with E-state index in [0.29, 0.717) is 25.2 Å². The first-order chi connectivity index (χ1) is 9.34. The summed E-state index contributed by atoms with van der Waals surface area (Å²) in [4.78, 5) is 11.6. The van der Waals surface area contributed by atoms with Crippen LogP contribution < -0.4 is 0 Å². The predicted octanol–water partition coefficient (Wildman–Crippen LogP) is 3.97. The summed E-state index contributed by atoms with van der Waals surface area (Å²) in [6, 6.07) is 5.55. The molecule has 0 amide bonds. The van der Waals surface area contributed by atoms with Crippen LogP contribution in [0.2, 0.25) is 0 Å². The molecule has 1 N–H and O–H groups in total. The van der Waals surface area contributed by atoms with E-state index in [0.717, 1.165) is 24.0 Å². The zero-order chi connectivity index (χ0) is 15.2. The average Bonchev–Trinajstić information content (AvgIpc) is 2.36. The number of hydrogen-bond donors (Lipinski definition) is 1. The van der Waals surface area contributed by atoms with Crippen molar-refractivity contribution in [2.45, 2.75) is 58.8 Å². The van der Waals surface area contributed by atoms with E-state index < -0.39 is 0 Å². The lowest BCUT2D eigenvalue weighted by molar-refractivity contribution is -0.143. The third-order valence-electron chi connectivity index (χ3n) is 3.25. The molecule has 0 fully saturated rings. The number of rotatable bonds is 6. The number of hydrogen-bond acceptors (Lipinski definition) is 3. The Hall–Kier alpha value is -1.51. The minimum atomic E-state index is -0.149. The van der Waals surface area contributed by atoms with Crippen LogP contribution in [0.25, 0.3) is 0 Å². The average molecular weight is 278 g/mol. The standard InChI is InChI=1S/C17H26O3/c1-5-6-11-20-16(19)10-8-13-7-9-15(18)14(12-13)17(2,3)4/h7,9,12,18H,5-6,8,10-11H2,1-4H3. The zero-order valence-electron chi connectivity index (χ0n) is 13.0. The molecule has 0 aliphatic carbocycles. The summed E-state index contributed by atoms with van der Waals surface area (Å²) >= 11 is 0. The first-order valence-corrected chi connectivity index (χ1v) is 7.32. The van der Waals surface area contributed by atoms with Crippen molar-refractivity contribution in [2.75, 3.05) is 6.61 Å². The number of carbonyl (C=O) groups excluding carboxylic acids is 1. The lowest BCUT2D eigenvalue weighted by atomic mass is 9.85. The second kappa shape index (κ2) is 7.32. The molecule has 0 atom stereocenters. The number of aromatic hydroxyl groups is 1. The molecule has 0 spiro atoms. The molecule has 0 aliphatic rings. The van der Waals surface area contributed by atoms with E-state index in [9.17, 15) is 9.90 Å². The maximum absolute atomic E-state index is 11.6. The molecular formula is C17H26O3. The van der Waals surface area contributed by atoms with Gasteiger partial charge in [0.1, 0.15) is 5.75 Å². The molecule has 3 heteroatoms. The SMILES string of the molecule is CCCCOC(=O)CCc1ccc(O)c(C(C)(C)C)c1. The fourth-order valence-corrected chi connectivity index (χ4v) is 1.99. The van der Waals surface area contributed by atoms with Gasteiger partial charge in [-0.1, -0.05) is 46.2 Å². The van der Waals surface area contributed by atoms with E-state index in [1.54, 1.807) is 6.07 Å². The van der Waals surface area contributed by atoms with Gasteiger partial charge in [0.2, 0.25) is 0 Å². The van der Waals surface area contributed by atoms with Crippen LogP contribution in [-0.2, 0) is 21.4 Å². The topological polar surface area (TPSA) is 46.5 Å². The monoisotopic (exact) mass is 278 g/mol. The van der Waals surface area contributed by atoms with Crippen LogP contribution >= 0.6 is 0 Å². The molecule has 3 nitrogen and oxygen atoms in total. The Kier molecular flexibility index (Phi) is 6.05. The van der Waals surface area contributed by atoms with Crippen molar-refractivity contribution in [1.82, 2.24) is 0 Å². The summed E-state index contributed by atoms with van der Waals surface area (Å²) in [5.74, 6) is 0.163. The number of carbonyl (C=O) groups is 1. The summed E-state index contributed by atoms with van der Waals surface area (Å²) in [6.07, 6.45) is 2.98. The summed E-state index contributed by atoms with van der Waals surface area (Å²) < 4.78 is 5.14. The Morgan fingerprint density at radius 2 is 2.00 bits per heavy atom. The van der Waals surface area contributed by atoms with Gasteiger partial charge in [-0.3, -0.25) is 4.79 Å². The van der Waals surface area contributed by atoms with E-state index in [4.69, 9.17) is 4.74 Å². The molecule has 0 aromatic heterocycles. The van der Waals surface area contributed by atoms with Crippen LogP contribution in [0.15, 0.2) is 18.2 Å². The number of phenolic OH excluding ortho intramolecular Hbond substituents is 1. The van der Waals surface area contributed by atoms with Crippen molar-refractivity contribution in [3.63, 3.8) is 0 Å². The van der Waals surface area contributed by atoms with Crippen LogP contribution in [0, 0.1) is 0 Å². The van der Waals surface area contributed by atoms with E-state index in [2.05, 4.69) is 27.7 Å². The normalized spacial score (nSPS) is 11.4. The van der Waals surface area contributed by atoms with Gasteiger partial charge >= 0.3 is 5.97 Å². The van der Waals surface area contributed by atoms with Crippen LogP contribution in [0.5, 0.6) is 5.75 Å². The highest BCUT2D eigenvalue weighted by Gasteiger charge is 2.18. The van der Waals surface area contributed by atoms with Crippen molar-refractivity contribution in [2.24, 2.45) is 0 Å². The van der Waals surface area contributed by atoms with Crippen molar-refractivity contribution in [1.29, 1.82) is 0 Å². The third-order valence-corrected chi connectivity index (χ3v) is 3.25. The van der Waals surface area contributed by atoms with Gasteiger partial charge in [0.05, 0.1) is 6.61 Å². The highest BCUT2D eigenvalue weighted by Crippen LogP contribution is 2.31. The highest BCUT2D eigenvalue weighted by atomic mass is 16.5. The van der Waals surface area contributed by atoms with Crippen LogP contribution in [0.1, 0.15) is 58.1 Å². The van der Waals surface area contributed by atoms with Crippen molar-refractivity contribution in [3.8, 4) is 5.75 Å². The second-order valence-corrected chi connectivity index (χ2v) is 6.18. The molecule has 1 rings (SSSR count). The van der Waals surface area contributed by atoms with Gasteiger partial charge in [0.25, 0.3) is 0 Å². The molecule has 20 heavy (non-hydrogen) atoms. The summed E-state index contributed by atoms with van der Waals surface area (Å²) in [6.45, 7) is 8.76. The molecule has 0 radical (unpaired) electrons. The van der Waals surface area contributed by atoms with Crippen molar-refractivity contribution in [3.05, 3.63) is 29.3 Å². The third kappa shape index (κ3) is 5.24. The molecule has 0 unspecified atom stereocenters. The number of phenols is 1. The largest absolute Gasteiger partial charge is 0.508 e. The van der Waals surface area contributed by atoms with Crippen LogP contribution in [0.3, 0.4) is 0 Å². The van der Waals surface area contributed by atoms with Crippen LogP contribution in [-0.4, -0.2) is 17.7 Å². The van der Waals surface area contributed by atoms with E-state index in [1.807, 2.05) is 12.1 Å². The Labute approximate surface area is 122 Å². The van der Waals surface area contributed by atoms with Gasteiger partial charge in [-0.2, -0.15) is 0 Å². The highest BCUT2D eigenvalue weighted by molar-refractivity contribution is 5.69. The zero-order valence-corrected chi connectivity index (χ0v) is 13.0. The van der Waals surface area contributed by atoms with E-state index in [-0.39, 0.29) is 11.4 Å². The molecular weight excluding hydrogens is 252 g/mol. The smallest absolute Gasteiger partial charge is 0.306 e. The molecule has 0 aliphatic heterocycles. The lowest BCUT2D eigenvalue weighted by Crippen LogP contribution is -2.12. The fraction of sp³-hybridized carbons (Fsp3) is 0.588. The molecule has 0 saturated heterocycles. The van der Waals surface area contributed by atoms with Gasteiger partial charge in [0, 0.05) is 6.42 Å². The molecule has 1 aromatic rings. The van der Waals surface area contributed by atoms with Gasteiger partial charge < -0.3 is 9.84 Å². The molecule has 112 valence electrons. The van der Waals surface area contributed by atoms with Crippen LogP contribution in [0.4, 0.5) is 0 Å². The Bertz CT molecular complexity index is 444. The molecule has 0 saturated carbocycles. The first-order valence-electron chi connectivity index (χ1n) is 7.32. The first kappa shape index (κ1) is 16.5. The van der Waals surface area contributed by atoms with Gasteiger partial charge in [-0.05, 0) is 35.4 Å². The van der Waals surface area contributed by atoms with Gasteiger partial charge in [-0.25, -0.2) is 0 Å². The van der Waals surface area contributed by atoms with E-state index in [1.165, 1.54) is 0 Å². The lowest BCUT2D eigenvalue weighted by Gasteiger charge is -2.21. The summed E-state index contributed by atoms with van der Waals surface area (Å²) in [7, 11) is 0. The number of esters is 1. The molecule has 1 aromatic carbocycles. The number of unbranched alkanes of at least 4 members (excludes halogenated alkanes) is 1. The van der Waals surface area contributed by atoms with Crippen molar-refractivity contribution < 1.29 is 14.6 Å². The molecule has 0 bridgehead atoms. The fourth-order valence-electron chi connectivity index (χ4n) is 1.99. The van der Waals surface area contributed by atoms with Crippen molar-refractivity contribution >= 4 is 5.97 Å². The minimum Gasteiger partial charge on any atom is -0.508 e. The predicted molar refractivity (Wildman–Crippen MR) is 81.0 cm³/mol. The van der Waals surface area contributed by atoms with E-state index >= 15 is 0 Å². The second-order valence-electron chi connectivity index (χ2n) is 6.18. The quantitative estimate of drug-likeness (QED) is 0.632. The molecule has 0 heterocycles. The van der Waals surface area contributed by atoms with Gasteiger partial charge in [-0.15, -0.1) is 0 Å². The maximum Gasteiger partial charge on any atom is 0.306 e. The van der Waals surface area contributed by atoms with Gasteiger partial charge in [0.15, 0.2) is 0 Å². The number of aryl methyl sites for hydroxylation is 1. The number of ether oxygens (including phenoxy) is 1. The Morgan fingerprint density at radius 1 is 1.30 bits per heavy atom. The Morgan fingerprint density at radius 3 is 2.60 bits per heavy atom.